The zero-order valence-electron chi connectivity index (χ0n) is 23.5. The lowest BCUT2D eigenvalue weighted by atomic mass is 10.0. The summed E-state index contributed by atoms with van der Waals surface area (Å²) < 4.78 is 14.7. The molecule has 0 atom stereocenters. The number of aromatic nitrogens is 6. The van der Waals surface area contributed by atoms with Crippen molar-refractivity contribution < 1.29 is 4.39 Å². The molecule has 6 rings (SSSR count). The predicted molar refractivity (Wildman–Crippen MR) is 163 cm³/mol. The third-order valence-electron chi connectivity index (χ3n) is 6.80. The van der Waals surface area contributed by atoms with E-state index in [9.17, 15) is 4.39 Å². The molecular formula is C31H32FN9. The average molecular weight is 550 g/mol. The molecule has 0 aliphatic heterocycles. The number of benzene rings is 2. The van der Waals surface area contributed by atoms with E-state index in [-0.39, 0.29) is 5.82 Å². The van der Waals surface area contributed by atoms with Crippen LogP contribution < -0.4 is 10.6 Å². The van der Waals surface area contributed by atoms with Gasteiger partial charge in [0.15, 0.2) is 11.5 Å². The summed E-state index contributed by atoms with van der Waals surface area (Å²) in [6.07, 6.45) is 5.38. The number of pyridine rings is 2. The molecule has 4 aromatic heterocycles. The van der Waals surface area contributed by atoms with E-state index < -0.39 is 0 Å². The van der Waals surface area contributed by atoms with Gasteiger partial charge in [-0.3, -0.25) is 10.1 Å². The van der Waals surface area contributed by atoms with Crippen LogP contribution in [0.5, 0.6) is 0 Å². The van der Waals surface area contributed by atoms with E-state index >= 15 is 0 Å². The van der Waals surface area contributed by atoms with Crippen LogP contribution in [-0.4, -0.2) is 68.3 Å². The molecule has 0 saturated carbocycles. The van der Waals surface area contributed by atoms with Crippen molar-refractivity contribution in [1.82, 2.24) is 35.0 Å². The highest BCUT2D eigenvalue weighted by molar-refractivity contribution is 5.97. The van der Waals surface area contributed by atoms with Gasteiger partial charge in [0.1, 0.15) is 17.0 Å². The largest absolute Gasteiger partial charge is 0.384 e. The number of hydrogen-bond donors (Lipinski definition) is 4. The maximum Gasteiger partial charge on any atom is 0.160 e. The standard InChI is InChI=1S/C31H32FN9/c1-18(2)36-24-13-21(16-33-17-24)19-5-6-27-26(14-19)29(40-39-27)31-37-28-25(7-8-35-30(28)38-31)20-11-22(32)15-23(12-20)34-9-10-41(3)4/h5-8,11-18,34,36H,9-10H2,1-4H3,(H,39,40)(H,35,37,38). The molecule has 0 unspecified atom stereocenters. The Balaban J connectivity index is 1.37. The Kier molecular flexibility index (Phi) is 7.07. The topological polar surface area (TPSA) is 110 Å². The highest BCUT2D eigenvalue weighted by Gasteiger charge is 2.17. The van der Waals surface area contributed by atoms with Crippen molar-refractivity contribution in [1.29, 1.82) is 0 Å². The first-order valence-electron chi connectivity index (χ1n) is 13.6. The maximum atomic E-state index is 14.7. The molecule has 41 heavy (non-hydrogen) atoms. The minimum atomic E-state index is -0.316. The molecule has 2 aromatic carbocycles. The fourth-order valence-electron chi connectivity index (χ4n) is 4.91. The average Bonchev–Trinajstić information content (AvgIpc) is 3.56. The van der Waals surface area contributed by atoms with Crippen LogP contribution in [0.3, 0.4) is 0 Å². The number of fused-ring (bicyclic) bond motifs is 2. The molecule has 6 aromatic rings. The van der Waals surface area contributed by atoms with E-state index in [0.29, 0.717) is 35.3 Å². The fraction of sp³-hybridized carbons (Fsp3) is 0.226. The highest BCUT2D eigenvalue weighted by Crippen LogP contribution is 2.34. The summed E-state index contributed by atoms with van der Waals surface area (Å²) in [5.74, 6) is 0.265. The van der Waals surface area contributed by atoms with Crippen molar-refractivity contribution in [2.45, 2.75) is 19.9 Å². The number of anilines is 2. The van der Waals surface area contributed by atoms with Crippen LogP contribution in [-0.2, 0) is 0 Å². The number of aromatic amines is 2. The Hall–Kier alpha value is -4.83. The van der Waals surface area contributed by atoms with E-state index in [0.717, 1.165) is 51.1 Å². The van der Waals surface area contributed by atoms with Crippen LogP contribution in [0.1, 0.15) is 13.8 Å². The first-order chi connectivity index (χ1) is 19.8. The summed E-state index contributed by atoms with van der Waals surface area (Å²) in [5.41, 5.74) is 8.03. The maximum absolute atomic E-state index is 14.7. The molecular weight excluding hydrogens is 517 g/mol. The number of halogens is 1. The lowest BCUT2D eigenvalue weighted by Gasteiger charge is -2.12. The number of rotatable bonds is 9. The molecule has 9 nitrogen and oxygen atoms in total. The van der Waals surface area contributed by atoms with Crippen molar-refractivity contribution in [3.05, 3.63) is 72.9 Å². The Morgan fingerprint density at radius 1 is 0.951 bits per heavy atom. The molecule has 0 aliphatic rings. The van der Waals surface area contributed by atoms with E-state index in [1.165, 1.54) is 12.1 Å². The normalized spacial score (nSPS) is 11.7. The molecule has 208 valence electrons. The lowest BCUT2D eigenvalue weighted by Crippen LogP contribution is -2.20. The van der Waals surface area contributed by atoms with Crippen LogP contribution >= 0.6 is 0 Å². The number of nitrogens with one attached hydrogen (secondary N) is 4. The summed E-state index contributed by atoms with van der Waals surface area (Å²) in [6.45, 7) is 5.74. The van der Waals surface area contributed by atoms with E-state index in [1.54, 1.807) is 6.20 Å². The van der Waals surface area contributed by atoms with Crippen molar-refractivity contribution >= 4 is 33.4 Å². The highest BCUT2D eigenvalue weighted by atomic mass is 19.1. The second-order valence-electron chi connectivity index (χ2n) is 10.7. The van der Waals surface area contributed by atoms with Gasteiger partial charge in [-0.05, 0) is 81.5 Å². The molecule has 0 radical (unpaired) electrons. The molecule has 0 spiro atoms. The minimum absolute atomic E-state index is 0.305. The van der Waals surface area contributed by atoms with Gasteiger partial charge in [0, 0.05) is 59.9 Å². The molecule has 0 aliphatic carbocycles. The number of nitrogens with zero attached hydrogens (tertiary/aromatic N) is 5. The first-order valence-corrected chi connectivity index (χ1v) is 13.6. The van der Waals surface area contributed by atoms with Crippen molar-refractivity contribution in [2.75, 3.05) is 37.8 Å². The van der Waals surface area contributed by atoms with Crippen molar-refractivity contribution in [3.8, 4) is 33.8 Å². The van der Waals surface area contributed by atoms with Gasteiger partial charge in [-0.1, -0.05) is 6.07 Å². The van der Waals surface area contributed by atoms with Gasteiger partial charge in [-0.25, -0.2) is 14.4 Å². The predicted octanol–water partition coefficient (Wildman–Crippen LogP) is 6.16. The smallest absolute Gasteiger partial charge is 0.160 e. The van der Waals surface area contributed by atoms with Gasteiger partial charge in [-0.2, -0.15) is 5.10 Å². The van der Waals surface area contributed by atoms with Gasteiger partial charge >= 0.3 is 0 Å². The summed E-state index contributed by atoms with van der Waals surface area (Å²) in [6, 6.07) is 15.4. The van der Waals surface area contributed by atoms with Crippen LogP contribution in [0.2, 0.25) is 0 Å². The van der Waals surface area contributed by atoms with Crippen molar-refractivity contribution in [2.24, 2.45) is 0 Å². The number of H-pyrrole nitrogens is 2. The van der Waals surface area contributed by atoms with Gasteiger partial charge in [-0.15, -0.1) is 0 Å². The molecule has 10 heteroatoms. The van der Waals surface area contributed by atoms with E-state index in [1.807, 2.05) is 50.8 Å². The monoisotopic (exact) mass is 549 g/mol. The number of likely N-dealkylation sites (N-methyl/N-ethyl adjacent to an activating group) is 1. The lowest BCUT2D eigenvalue weighted by molar-refractivity contribution is 0.425. The SMILES string of the molecule is CC(C)Nc1cncc(-c2ccc3[nH]nc(-c4nc5c(-c6cc(F)cc(NCCN(C)C)c6)ccnc5[nH]4)c3c2)c1. The van der Waals surface area contributed by atoms with Gasteiger partial charge in [0.05, 0.1) is 11.2 Å². The molecule has 4 heterocycles. The molecule has 0 fully saturated rings. The molecule has 0 amide bonds. The third kappa shape index (κ3) is 5.59. The van der Waals surface area contributed by atoms with E-state index in [2.05, 4.69) is 66.7 Å². The van der Waals surface area contributed by atoms with E-state index in [4.69, 9.17) is 4.98 Å². The Bertz CT molecular complexity index is 1840. The van der Waals surface area contributed by atoms with Crippen LogP contribution in [0.25, 0.3) is 55.8 Å². The first kappa shape index (κ1) is 26.4. The van der Waals surface area contributed by atoms with Gasteiger partial charge in [0.25, 0.3) is 0 Å². The fourth-order valence-corrected chi connectivity index (χ4v) is 4.91. The number of hydrogen-bond acceptors (Lipinski definition) is 7. The number of imidazole rings is 1. The summed E-state index contributed by atoms with van der Waals surface area (Å²) in [4.78, 5) is 19.2. The zero-order valence-corrected chi connectivity index (χ0v) is 23.5. The van der Waals surface area contributed by atoms with Gasteiger partial charge in [0.2, 0.25) is 0 Å². The second kappa shape index (κ2) is 11.0. The Labute approximate surface area is 237 Å². The Morgan fingerprint density at radius 3 is 2.63 bits per heavy atom. The van der Waals surface area contributed by atoms with Crippen molar-refractivity contribution in [3.63, 3.8) is 0 Å². The van der Waals surface area contributed by atoms with Crippen LogP contribution in [0.4, 0.5) is 15.8 Å². The Morgan fingerprint density at radius 2 is 1.80 bits per heavy atom. The third-order valence-corrected chi connectivity index (χ3v) is 6.80. The zero-order chi connectivity index (χ0) is 28.5. The summed E-state index contributed by atoms with van der Waals surface area (Å²) >= 11 is 0. The van der Waals surface area contributed by atoms with Gasteiger partial charge < -0.3 is 20.5 Å². The molecule has 4 N–H and O–H groups in total. The molecule has 0 bridgehead atoms. The van der Waals surface area contributed by atoms with Crippen LogP contribution in [0.15, 0.2) is 67.1 Å². The van der Waals surface area contributed by atoms with Crippen LogP contribution in [0, 0.1) is 5.82 Å². The minimum Gasteiger partial charge on any atom is -0.384 e. The summed E-state index contributed by atoms with van der Waals surface area (Å²) in [7, 11) is 4.01. The molecule has 0 saturated heterocycles. The summed E-state index contributed by atoms with van der Waals surface area (Å²) in [5, 5.41) is 15.3. The quantitative estimate of drug-likeness (QED) is 0.171. The second-order valence-corrected chi connectivity index (χ2v) is 10.7.